The van der Waals surface area contributed by atoms with Crippen LogP contribution in [0.25, 0.3) is 0 Å². The van der Waals surface area contributed by atoms with Gasteiger partial charge >= 0.3 is 11.9 Å². The number of esters is 2. The van der Waals surface area contributed by atoms with Crippen molar-refractivity contribution in [2.75, 3.05) is 23.0 Å². The highest BCUT2D eigenvalue weighted by Gasteiger charge is 2.35. The summed E-state index contributed by atoms with van der Waals surface area (Å²) in [6.45, 7) is 5.78. The predicted octanol–water partition coefficient (Wildman–Crippen LogP) is 10.4. The van der Waals surface area contributed by atoms with Gasteiger partial charge in [-0.1, -0.05) is 108 Å². The molecule has 10 nitrogen and oxygen atoms in total. The molecule has 6 aromatic carbocycles. The molecule has 0 radical (unpaired) electrons. The molecule has 0 aliphatic carbocycles. The quantitative estimate of drug-likeness (QED) is 0.0995. The highest BCUT2D eigenvalue weighted by atomic mass is 35.5. The predicted molar refractivity (Wildman–Crippen MR) is 239 cm³/mol. The summed E-state index contributed by atoms with van der Waals surface area (Å²) in [5, 5.41) is 0.949. The van der Waals surface area contributed by atoms with Gasteiger partial charge in [-0.05, 0) is 84.6 Å². The van der Waals surface area contributed by atoms with E-state index in [9.17, 15) is 19.2 Å². The van der Waals surface area contributed by atoms with Gasteiger partial charge in [-0.2, -0.15) is 0 Å². The molecular weight excluding hydrogens is 827 g/mol. The van der Waals surface area contributed by atoms with E-state index >= 15 is 0 Å². The number of hydrogen-bond acceptors (Lipinski definition) is 8. The Labute approximate surface area is 370 Å². The van der Waals surface area contributed by atoms with Crippen LogP contribution in [0, 0.1) is 0 Å². The van der Waals surface area contributed by atoms with Gasteiger partial charge in [-0.15, -0.1) is 0 Å². The molecule has 6 aromatic rings. The number of anilines is 2. The number of fused-ring (bicyclic) bond motifs is 2. The van der Waals surface area contributed by atoms with Crippen molar-refractivity contribution in [3.8, 4) is 11.5 Å². The van der Waals surface area contributed by atoms with Gasteiger partial charge in [0.2, 0.25) is 0 Å². The monoisotopic (exact) mass is 870 g/mol. The molecule has 0 bridgehead atoms. The maximum atomic E-state index is 13.2. The van der Waals surface area contributed by atoms with Crippen LogP contribution in [0.5, 0.6) is 11.5 Å². The van der Waals surface area contributed by atoms with E-state index in [1.54, 1.807) is 41.8 Å². The van der Waals surface area contributed by atoms with Gasteiger partial charge in [0.15, 0.2) is 0 Å². The Kier molecular flexibility index (Phi) is 14.2. The summed E-state index contributed by atoms with van der Waals surface area (Å²) in [6, 6.07) is 41.3. The van der Waals surface area contributed by atoms with E-state index in [4.69, 9.17) is 42.1 Å². The van der Waals surface area contributed by atoms with E-state index in [1.807, 2.05) is 115 Å². The summed E-state index contributed by atoms with van der Waals surface area (Å²) in [7, 11) is 0. The third-order valence-electron chi connectivity index (χ3n) is 10.3. The number of carbonyl (C=O) groups is 4. The Morgan fingerprint density at radius 3 is 1.44 bits per heavy atom. The number of nitrogens with zero attached hydrogens (tertiary/aromatic N) is 2. The topological polar surface area (TPSA) is 112 Å². The van der Waals surface area contributed by atoms with Crippen molar-refractivity contribution in [1.29, 1.82) is 0 Å². The summed E-state index contributed by atoms with van der Waals surface area (Å²) >= 11 is 12.8. The minimum absolute atomic E-state index is 0.154. The number of hydrogen-bond donors (Lipinski definition) is 0. The maximum Gasteiger partial charge on any atom is 0.310 e. The number of carbonyl (C=O) groups excluding carboxylic acids is 4. The van der Waals surface area contributed by atoms with Crippen LogP contribution in [0.2, 0.25) is 10.0 Å². The molecule has 62 heavy (non-hydrogen) atoms. The zero-order valence-corrected chi connectivity index (χ0v) is 35.8. The molecular formula is C50H44Cl2N2O8. The van der Waals surface area contributed by atoms with Crippen LogP contribution in [0.3, 0.4) is 0 Å². The molecule has 2 aliphatic rings. The van der Waals surface area contributed by atoms with Crippen LogP contribution in [-0.4, -0.2) is 37.0 Å². The average Bonchev–Trinajstić information content (AvgIpc) is 3.83. The third kappa shape index (κ3) is 10.3. The van der Waals surface area contributed by atoms with Gasteiger partial charge in [0, 0.05) is 27.5 Å². The normalized spacial score (nSPS) is 12.6. The highest BCUT2D eigenvalue weighted by Crippen LogP contribution is 2.40. The second-order valence-corrected chi connectivity index (χ2v) is 15.2. The molecule has 2 amide bonds. The second kappa shape index (κ2) is 20.3. The summed E-state index contributed by atoms with van der Waals surface area (Å²) in [4.78, 5) is 53.0. The van der Waals surface area contributed by atoms with Crippen molar-refractivity contribution in [3.63, 3.8) is 0 Å². The van der Waals surface area contributed by atoms with Gasteiger partial charge < -0.3 is 28.7 Å². The van der Waals surface area contributed by atoms with E-state index < -0.39 is 0 Å². The molecule has 0 N–H and O–H groups in total. The zero-order valence-electron chi connectivity index (χ0n) is 34.3. The highest BCUT2D eigenvalue weighted by molar-refractivity contribution is 6.35. The Hall–Kier alpha value is -6.62. The summed E-state index contributed by atoms with van der Waals surface area (Å²) in [5.41, 5.74) is 7.71. The van der Waals surface area contributed by atoms with Crippen molar-refractivity contribution in [2.45, 2.75) is 53.0 Å². The Morgan fingerprint density at radius 1 is 0.500 bits per heavy atom. The van der Waals surface area contributed by atoms with E-state index in [1.165, 1.54) is 0 Å². The number of rotatable bonds is 14. The molecule has 0 fully saturated rings. The van der Waals surface area contributed by atoms with E-state index in [-0.39, 0.29) is 36.6 Å². The third-order valence-corrected chi connectivity index (χ3v) is 10.9. The molecule has 2 aliphatic heterocycles. The Bertz CT molecular complexity index is 2490. The first-order valence-corrected chi connectivity index (χ1v) is 21.0. The van der Waals surface area contributed by atoms with Crippen LogP contribution in [0.1, 0.15) is 67.9 Å². The summed E-state index contributed by atoms with van der Waals surface area (Å²) in [5.74, 6) is 0.313. The smallest absolute Gasteiger partial charge is 0.310 e. The standard InChI is InChI=1S/2C25H22ClNO4/c1-2-30-23(28)14-17-8-10-19(11-9-17)27-15-20-22(13-12-21(26)24(20)25(27)29)31-16-18-6-4-3-5-7-18;1-2-30-23(28)14-17-8-10-19(11-9-17)27-15-20-21(26)12-13-22(24(20)25(27)29)31-16-18-6-4-3-5-7-18/h2*3-13H,2,14-16H2,1H3. The molecule has 0 atom stereocenters. The molecule has 0 saturated carbocycles. The maximum absolute atomic E-state index is 13.2. The van der Waals surface area contributed by atoms with Gasteiger partial charge in [0.05, 0.1) is 55.3 Å². The number of ether oxygens (including phenoxy) is 4. The van der Waals surface area contributed by atoms with Crippen LogP contribution < -0.4 is 19.3 Å². The first kappa shape index (κ1) is 43.5. The average molecular weight is 872 g/mol. The minimum atomic E-state index is -0.271. The lowest BCUT2D eigenvalue weighted by Gasteiger charge is -2.16. The van der Waals surface area contributed by atoms with E-state index in [0.717, 1.165) is 44.8 Å². The molecule has 0 spiro atoms. The lowest BCUT2D eigenvalue weighted by Crippen LogP contribution is -2.23. The van der Waals surface area contributed by atoms with Crippen molar-refractivity contribution < 1.29 is 38.1 Å². The SMILES string of the molecule is CCOC(=O)Cc1ccc(N2Cc3c(Cl)ccc(OCc4ccccc4)c3C2=O)cc1.CCOC(=O)Cc1ccc(N2Cc3c(OCc4ccccc4)ccc(Cl)c3C2=O)cc1. The lowest BCUT2D eigenvalue weighted by atomic mass is 10.1. The second-order valence-electron chi connectivity index (χ2n) is 14.4. The molecule has 8 rings (SSSR count). The van der Waals surface area contributed by atoms with Crippen molar-refractivity contribution in [3.05, 3.63) is 188 Å². The minimum Gasteiger partial charge on any atom is -0.489 e. The zero-order chi connectivity index (χ0) is 43.6. The van der Waals surface area contributed by atoms with E-state index in [0.29, 0.717) is 72.2 Å². The Balaban J connectivity index is 0.000000186. The molecule has 316 valence electrons. The number of amides is 2. The van der Waals surface area contributed by atoms with Crippen molar-refractivity contribution in [1.82, 2.24) is 0 Å². The van der Waals surface area contributed by atoms with Gasteiger partial charge in [-0.3, -0.25) is 19.2 Å². The summed E-state index contributed by atoms with van der Waals surface area (Å²) in [6.07, 6.45) is 0.400. The molecule has 0 unspecified atom stereocenters. The van der Waals surface area contributed by atoms with Gasteiger partial charge in [-0.25, -0.2) is 0 Å². The van der Waals surface area contributed by atoms with Crippen LogP contribution in [-0.2, 0) is 58.2 Å². The van der Waals surface area contributed by atoms with Crippen LogP contribution >= 0.6 is 23.2 Å². The fourth-order valence-electron chi connectivity index (χ4n) is 7.20. The van der Waals surface area contributed by atoms with Crippen LogP contribution in [0.15, 0.2) is 133 Å². The van der Waals surface area contributed by atoms with Crippen LogP contribution in [0.4, 0.5) is 11.4 Å². The Morgan fingerprint density at radius 2 is 0.935 bits per heavy atom. The van der Waals surface area contributed by atoms with Crippen molar-refractivity contribution >= 4 is 58.3 Å². The largest absolute Gasteiger partial charge is 0.489 e. The number of halogens is 2. The molecule has 2 heterocycles. The molecule has 0 aromatic heterocycles. The molecule has 0 saturated heterocycles. The van der Waals surface area contributed by atoms with Crippen molar-refractivity contribution in [2.24, 2.45) is 0 Å². The molecule has 12 heteroatoms. The lowest BCUT2D eigenvalue weighted by molar-refractivity contribution is -0.143. The van der Waals surface area contributed by atoms with Gasteiger partial charge in [0.25, 0.3) is 11.8 Å². The first-order chi connectivity index (χ1) is 30.1. The summed E-state index contributed by atoms with van der Waals surface area (Å²) < 4.78 is 22.0. The number of benzene rings is 6. The fraction of sp³-hybridized carbons (Fsp3) is 0.200. The first-order valence-electron chi connectivity index (χ1n) is 20.2. The fourth-order valence-corrected chi connectivity index (χ4v) is 7.67. The van der Waals surface area contributed by atoms with Gasteiger partial charge in [0.1, 0.15) is 24.7 Å². The van der Waals surface area contributed by atoms with E-state index in [2.05, 4.69) is 0 Å².